The first-order valence-electron chi connectivity index (χ1n) is 9.29. The number of benzene rings is 3. The van der Waals surface area contributed by atoms with E-state index in [4.69, 9.17) is 11.6 Å². The van der Waals surface area contributed by atoms with E-state index in [1.54, 1.807) is 12.1 Å². The number of aliphatic carboxylic acids is 1. The Hall–Kier alpha value is -2.18. The number of hydrogen-bond donors (Lipinski definition) is 1. The SMILES string of the molecule is O=C(CC(CCc1cccc(I)c1)C(=O)O)c1ccc(-c2ccc(Cl)cc2)cc1. The van der Waals surface area contributed by atoms with Crippen LogP contribution in [0.15, 0.2) is 72.8 Å². The third-order valence-electron chi connectivity index (χ3n) is 4.84. The lowest BCUT2D eigenvalue weighted by atomic mass is 9.92. The third kappa shape index (κ3) is 6.15. The second-order valence-electron chi connectivity index (χ2n) is 6.92. The molecule has 0 amide bonds. The van der Waals surface area contributed by atoms with Crippen LogP contribution in [0.2, 0.25) is 5.02 Å². The van der Waals surface area contributed by atoms with E-state index in [9.17, 15) is 14.7 Å². The zero-order valence-electron chi connectivity index (χ0n) is 15.6. The molecule has 3 aromatic carbocycles. The minimum atomic E-state index is -0.929. The predicted molar refractivity (Wildman–Crippen MR) is 124 cm³/mol. The highest BCUT2D eigenvalue weighted by molar-refractivity contribution is 14.1. The first kappa shape index (κ1) is 21.5. The maximum atomic E-state index is 12.6. The predicted octanol–water partition coefficient (Wildman–Crippen LogP) is 6.52. The Bertz CT molecular complexity index is 997. The molecule has 0 bridgehead atoms. The Morgan fingerprint density at radius 3 is 2.14 bits per heavy atom. The number of carbonyl (C=O) groups excluding carboxylic acids is 1. The fourth-order valence-electron chi connectivity index (χ4n) is 3.18. The topological polar surface area (TPSA) is 54.4 Å². The van der Waals surface area contributed by atoms with Gasteiger partial charge in [0.1, 0.15) is 0 Å². The van der Waals surface area contributed by atoms with E-state index in [1.165, 1.54) is 0 Å². The number of hydrogen-bond acceptors (Lipinski definition) is 2. The number of Topliss-reactive ketones (excluding diaryl/α,β-unsaturated/α-hetero) is 1. The smallest absolute Gasteiger partial charge is 0.306 e. The van der Waals surface area contributed by atoms with Gasteiger partial charge in [0.2, 0.25) is 0 Å². The first-order chi connectivity index (χ1) is 13.9. The van der Waals surface area contributed by atoms with Crippen molar-refractivity contribution in [3.8, 4) is 11.1 Å². The van der Waals surface area contributed by atoms with Gasteiger partial charge in [0.25, 0.3) is 0 Å². The molecule has 5 heteroatoms. The van der Waals surface area contributed by atoms with Crippen LogP contribution in [-0.2, 0) is 11.2 Å². The maximum Gasteiger partial charge on any atom is 0.306 e. The number of carbonyl (C=O) groups is 2. The highest BCUT2D eigenvalue weighted by atomic mass is 127. The van der Waals surface area contributed by atoms with Crippen molar-refractivity contribution in [2.24, 2.45) is 5.92 Å². The molecule has 3 nitrogen and oxygen atoms in total. The van der Waals surface area contributed by atoms with Crippen LogP contribution in [0.3, 0.4) is 0 Å². The molecule has 3 aromatic rings. The van der Waals surface area contributed by atoms with Crippen molar-refractivity contribution in [2.75, 3.05) is 0 Å². The summed E-state index contributed by atoms with van der Waals surface area (Å²) in [5.74, 6) is -1.78. The highest BCUT2D eigenvalue weighted by Crippen LogP contribution is 2.23. The van der Waals surface area contributed by atoms with Gasteiger partial charge in [-0.2, -0.15) is 0 Å². The normalized spacial score (nSPS) is 11.8. The lowest BCUT2D eigenvalue weighted by molar-refractivity contribution is -0.141. The van der Waals surface area contributed by atoms with Crippen molar-refractivity contribution in [1.82, 2.24) is 0 Å². The lowest BCUT2D eigenvalue weighted by Gasteiger charge is -2.12. The third-order valence-corrected chi connectivity index (χ3v) is 5.76. The summed E-state index contributed by atoms with van der Waals surface area (Å²) in [5.41, 5.74) is 3.60. The van der Waals surface area contributed by atoms with E-state index in [0.29, 0.717) is 23.4 Å². The van der Waals surface area contributed by atoms with E-state index in [-0.39, 0.29) is 12.2 Å². The Kier molecular flexibility index (Phi) is 7.45. The molecule has 0 saturated carbocycles. The minimum Gasteiger partial charge on any atom is -0.481 e. The van der Waals surface area contributed by atoms with E-state index in [1.807, 2.05) is 60.7 Å². The summed E-state index contributed by atoms with van der Waals surface area (Å²) >= 11 is 8.15. The standard InChI is InChI=1S/C24H20ClIO3/c25-21-12-10-18(11-13-21)17-6-8-19(9-7-17)23(27)15-20(24(28)29)5-4-16-2-1-3-22(26)14-16/h1-3,6-14,20H,4-5,15H2,(H,28,29). The van der Waals surface area contributed by atoms with Crippen molar-refractivity contribution in [3.63, 3.8) is 0 Å². The van der Waals surface area contributed by atoms with Crippen LogP contribution in [0.4, 0.5) is 0 Å². The average Bonchev–Trinajstić information content (AvgIpc) is 2.71. The van der Waals surface area contributed by atoms with Crippen LogP contribution in [0.25, 0.3) is 11.1 Å². The van der Waals surface area contributed by atoms with Gasteiger partial charge in [-0.1, -0.05) is 60.1 Å². The second kappa shape index (κ2) is 10.0. The van der Waals surface area contributed by atoms with E-state index in [2.05, 4.69) is 22.6 Å². The van der Waals surface area contributed by atoms with Gasteiger partial charge in [0.05, 0.1) is 5.92 Å². The van der Waals surface area contributed by atoms with Crippen LogP contribution in [0.5, 0.6) is 0 Å². The molecule has 1 atom stereocenters. The summed E-state index contributed by atoms with van der Waals surface area (Å²) in [6, 6.07) is 22.7. The van der Waals surface area contributed by atoms with Crippen molar-refractivity contribution in [2.45, 2.75) is 19.3 Å². The van der Waals surface area contributed by atoms with E-state index < -0.39 is 11.9 Å². The summed E-state index contributed by atoms with van der Waals surface area (Å²) in [5, 5.41) is 10.2. The van der Waals surface area contributed by atoms with Gasteiger partial charge in [-0.05, 0) is 76.4 Å². The molecule has 1 N–H and O–H groups in total. The Morgan fingerprint density at radius 1 is 0.931 bits per heavy atom. The van der Waals surface area contributed by atoms with Crippen LogP contribution in [-0.4, -0.2) is 16.9 Å². The molecule has 3 rings (SSSR count). The number of carboxylic acids is 1. The Morgan fingerprint density at radius 2 is 1.55 bits per heavy atom. The van der Waals surface area contributed by atoms with Gasteiger partial charge in [0, 0.05) is 20.6 Å². The quantitative estimate of drug-likeness (QED) is 0.273. The molecule has 148 valence electrons. The van der Waals surface area contributed by atoms with Crippen molar-refractivity contribution in [3.05, 3.63) is 92.5 Å². The summed E-state index contributed by atoms with van der Waals surface area (Å²) in [6.07, 6.45) is 1.07. The van der Waals surface area contributed by atoms with Crippen molar-refractivity contribution >= 4 is 45.9 Å². The molecule has 0 spiro atoms. The number of halogens is 2. The van der Waals surface area contributed by atoms with Gasteiger partial charge >= 0.3 is 5.97 Å². The molecule has 1 unspecified atom stereocenters. The summed E-state index contributed by atoms with van der Waals surface area (Å²) in [4.78, 5) is 24.3. The zero-order valence-corrected chi connectivity index (χ0v) is 18.6. The Labute approximate surface area is 188 Å². The minimum absolute atomic E-state index is 0.000446. The van der Waals surface area contributed by atoms with Crippen molar-refractivity contribution < 1.29 is 14.7 Å². The molecular formula is C24H20ClIO3. The molecule has 0 aromatic heterocycles. The molecule has 0 aliphatic rings. The van der Waals surface area contributed by atoms with Crippen LogP contribution < -0.4 is 0 Å². The monoisotopic (exact) mass is 518 g/mol. The molecular weight excluding hydrogens is 499 g/mol. The average molecular weight is 519 g/mol. The maximum absolute atomic E-state index is 12.6. The molecule has 0 heterocycles. The first-order valence-corrected chi connectivity index (χ1v) is 10.7. The van der Waals surface area contributed by atoms with Crippen LogP contribution in [0, 0.1) is 9.49 Å². The lowest BCUT2D eigenvalue weighted by Crippen LogP contribution is -2.19. The molecule has 0 saturated heterocycles. The number of rotatable bonds is 8. The number of ketones is 1. The largest absolute Gasteiger partial charge is 0.481 e. The van der Waals surface area contributed by atoms with E-state index in [0.717, 1.165) is 20.3 Å². The molecule has 29 heavy (non-hydrogen) atoms. The van der Waals surface area contributed by atoms with Crippen LogP contribution >= 0.6 is 34.2 Å². The second-order valence-corrected chi connectivity index (χ2v) is 8.60. The molecule has 0 radical (unpaired) electrons. The van der Waals surface area contributed by atoms with Crippen molar-refractivity contribution in [1.29, 1.82) is 0 Å². The number of aryl methyl sites for hydroxylation is 1. The summed E-state index contributed by atoms with van der Waals surface area (Å²) in [7, 11) is 0. The number of carboxylic acid groups (broad SMARTS) is 1. The van der Waals surface area contributed by atoms with E-state index >= 15 is 0 Å². The Balaban J connectivity index is 1.64. The highest BCUT2D eigenvalue weighted by Gasteiger charge is 2.22. The van der Waals surface area contributed by atoms with Gasteiger partial charge in [0.15, 0.2) is 5.78 Å². The van der Waals surface area contributed by atoms with Crippen LogP contribution in [0.1, 0.15) is 28.8 Å². The summed E-state index contributed by atoms with van der Waals surface area (Å²) in [6.45, 7) is 0. The van der Waals surface area contributed by atoms with Gasteiger partial charge in [-0.15, -0.1) is 0 Å². The fraction of sp³-hybridized carbons (Fsp3) is 0.167. The molecule has 0 aliphatic heterocycles. The van der Waals surface area contributed by atoms with Gasteiger partial charge in [-0.3, -0.25) is 9.59 Å². The summed E-state index contributed by atoms with van der Waals surface area (Å²) < 4.78 is 1.11. The molecule has 0 aliphatic carbocycles. The molecule has 0 fully saturated rings. The van der Waals surface area contributed by atoms with Gasteiger partial charge in [-0.25, -0.2) is 0 Å². The van der Waals surface area contributed by atoms with Gasteiger partial charge < -0.3 is 5.11 Å². The zero-order chi connectivity index (χ0) is 20.8. The fourth-order valence-corrected chi connectivity index (χ4v) is 3.91.